The van der Waals surface area contributed by atoms with E-state index in [0.717, 1.165) is 6.04 Å². The van der Waals surface area contributed by atoms with E-state index in [1.54, 1.807) is 0 Å². The monoisotopic (exact) mass is 133 g/mol. The molecular formula is C6H12ClN. The largest absolute Gasteiger partial charge is 0.301 e. The average molecular weight is 134 g/mol. The third kappa shape index (κ3) is 1.64. The zero-order valence-electron chi connectivity index (χ0n) is 4.99. The molecule has 1 nitrogen and oxygen atoms in total. The standard InChI is InChI=1S/C6H12ClN/c7-5-8-6-3-1-2-4-6/h6,8H,1-5H2. The first-order valence-corrected chi connectivity index (χ1v) is 3.76. The molecule has 1 aliphatic carbocycles. The fourth-order valence-electron chi connectivity index (χ4n) is 1.24. The van der Waals surface area contributed by atoms with Gasteiger partial charge in [0.2, 0.25) is 0 Å². The number of hydrogen-bond acceptors (Lipinski definition) is 1. The fraction of sp³-hybridized carbons (Fsp3) is 1.00. The minimum absolute atomic E-state index is 0.616. The molecule has 2 heteroatoms. The van der Waals surface area contributed by atoms with E-state index in [0.29, 0.717) is 6.00 Å². The molecule has 1 N–H and O–H groups in total. The molecule has 0 radical (unpaired) electrons. The van der Waals surface area contributed by atoms with E-state index in [2.05, 4.69) is 5.32 Å². The Balaban J connectivity index is 2.06. The summed E-state index contributed by atoms with van der Waals surface area (Å²) in [6.07, 6.45) is 5.42. The van der Waals surface area contributed by atoms with Crippen molar-refractivity contribution in [2.24, 2.45) is 0 Å². The van der Waals surface area contributed by atoms with Crippen molar-refractivity contribution < 1.29 is 0 Å². The van der Waals surface area contributed by atoms with Gasteiger partial charge in [-0.2, -0.15) is 0 Å². The summed E-state index contributed by atoms with van der Waals surface area (Å²) in [5.41, 5.74) is 0. The summed E-state index contributed by atoms with van der Waals surface area (Å²) in [6.45, 7) is 0. The highest BCUT2D eigenvalue weighted by Crippen LogP contribution is 2.17. The Bertz CT molecular complexity index is 59.5. The van der Waals surface area contributed by atoms with Gasteiger partial charge < -0.3 is 5.32 Å². The van der Waals surface area contributed by atoms with Crippen molar-refractivity contribution in [1.29, 1.82) is 0 Å². The van der Waals surface area contributed by atoms with Crippen LogP contribution in [0.4, 0.5) is 0 Å². The van der Waals surface area contributed by atoms with Crippen LogP contribution in [0.15, 0.2) is 0 Å². The zero-order chi connectivity index (χ0) is 5.82. The highest BCUT2D eigenvalue weighted by Gasteiger charge is 2.12. The van der Waals surface area contributed by atoms with Gasteiger partial charge in [0.05, 0.1) is 6.00 Å². The molecule has 0 aliphatic heterocycles. The number of hydrogen-bond donors (Lipinski definition) is 1. The minimum Gasteiger partial charge on any atom is -0.301 e. The summed E-state index contributed by atoms with van der Waals surface area (Å²) in [5.74, 6) is 0. The van der Waals surface area contributed by atoms with Crippen LogP contribution in [0.2, 0.25) is 0 Å². The molecule has 0 amide bonds. The summed E-state index contributed by atoms with van der Waals surface area (Å²) >= 11 is 5.47. The highest BCUT2D eigenvalue weighted by atomic mass is 35.5. The van der Waals surface area contributed by atoms with Gasteiger partial charge in [0.25, 0.3) is 0 Å². The maximum atomic E-state index is 5.47. The van der Waals surface area contributed by atoms with E-state index in [9.17, 15) is 0 Å². The van der Waals surface area contributed by atoms with Crippen molar-refractivity contribution in [3.05, 3.63) is 0 Å². The molecule has 0 aromatic carbocycles. The van der Waals surface area contributed by atoms with Crippen molar-refractivity contribution in [2.75, 3.05) is 6.00 Å². The first-order chi connectivity index (χ1) is 3.93. The average Bonchev–Trinajstić information content (AvgIpc) is 2.19. The van der Waals surface area contributed by atoms with E-state index in [-0.39, 0.29) is 0 Å². The van der Waals surface area contributed by atoms with Crippen molar-refractivity contribution >= 4 is 11.6 Å². The van der Waals surface area contributed by atoms with Crippen LogP contribution in [0.1, 0.15) is 25.7 Å². The molecule has 0 aromatic heterocycles. The van der Waals surface area contributed by atoms with Gasteiger partial charge in [-0.1, -0.05) is 12.8 Å². The van der Waals surface area contributed by atoms with Gasteiger partial charge in [-0.25, -0.2) is 0 Å². The lowest BCUT2D eigenvalue weighted by molar-refractivity contribution is 0.570. The van der Waals surface area contributed by atoms with Gasteiger partial charge in [-0.15, -0.1) is 11.6 Å². The molecule has 0 saturated heterocycles. The van der Waals surface area contributed by atoms with Gasteiger partial charge >= 0.3 is 0 Å². The van der Waals surface area contributed by atoms with E-state index in [1.165, 1.54) is 25.7 Å². The van der Waals surface area contributed by atoms with Crippen LogP contribution >= 0.6 is 11.6 Å². The summed E-state index contributed by atoms with van der Waals surface area (Å²) < 4.78 is 0. The molecule has 1 aliphatic rings. The molecule has 8 heavy (non-hydrogen) atoms. The van der Waals surface area contributed by atoms with Gasteiger partial charge in [0.1, 0.15) is 0 Å². The fourth-order valence-corrected chi connectivity index (χ4v) is 1.46. The predicted octanol–water partition coefficient (Wildman–Crippen LogP) is 1.71. The molecule has 48 valence electrons. The summed E-state index contributed by atoms with van der Waals surface area (Å²) in [7, 11) is 0. The van der Waals surface area contributed by atoms with Gasteiger partial charge in [0, 0.05) is 6.04 Å². The number of alkyl halides is 1. The van der Waals surface area contributed by atoms with Crippen molar-refractivity contribution in [1.82, 2.24) is 5.32 Å². The van der Waals surface area contributed by atoms with Crippen molar-refractivity contribution in [3.8, 4) is 0 Å². The second kappa shape index (κ2) is 3.31. The summed E-state index contributed by atoms with van der Waals surface area (Å²) in [6, 6.07) is 1.34. The van der Waals surface area contributed by atoms with Gasteiger partial charge in [-0.05, 0) is 12.8 Å². The zero-order valence-corrected chi connectivity index (χ0v) is 5.75. The molecule has 0 aromatic rings. The Hall–Kier alpha value is 0.250. The van der Waals surface area contributed by atoms with E-state index in [1.807, 2.05) is 0 Å². The molecule has 0 atom stereocenters. The smallest absolute Gasteiger partial charge is 0.0715 e. The Kier molecular flexibility index (Phi) is 2.64. The van der Waals surface area contributed by atoms with Crippen molar-refractivity contribution in [3.63, 3.8) is 0 Å². The normalized spacial score (nSPS) is 22.1. The lowest BCUT2D eigenvalue weighted by atomic mass is 10.3. The number of nitrogens with one attached hydrogen (secondary N) is 1. The Morgan fingerprint density at radius 1 is 1.38 bits per heavy atom. The molecule has 0 spiro atoms. The topological polar surface area (TPSA) is 12.0 Å². The first-order valence-electron chi connectivity index (χ1n) is 3.23. The Morgan fingerprint density at radius 3 is 2.50 bits per heavy atom. The predicted molar refractivity (Wildman–Crippen MR) is 36.1 cm³/mol. The number of halogens is 1. The van der Waals surface area contributed by atoms with E-state index >= 15 is 0 Å². The van der Waals surface area contributed by atoms with Crippen molar-refractivity contribution in [2.45, 2.75) is 31.7 Å². The van der Waals surface area contributed by atoms with Gasteiger partial charge in [-0.3, -0.25) is 0 Å². The highest BCUT2D eigenvalue weighted by molar-refractivity contribution is 6.17. The Morgan fingerprint density at radius 2 is 2.00 bits per heavy atom. The third-order valence-electron chi connectivity index (χ3n) is 1.72. The third-order valence-corrected chi connectivity index (χ3v) is 1.88. The maximum Gasteiger partial charge on any atom is 0.0715 e. The minimum atomic E-state index is 0.616. The second-order valence-electron chi connectivity index (χ2n) is 2.32. The van der Waals surface area contributed by atoms with Crippen LogP contribution in [-0.4, -0.2) is 12.0 Å². The van der Waals surface area contributed by atoms with Gasteiger partial charge in [0.15, 0.2) is 0 Å². The number of rotatable bonds is 2. The van der Waals surface area contributed by atoms with Crippen LogP contribution in [0, 0.1) is 0 Å². The maximum absolute atomic E-state index is 5.47. The lowest BCUT2D eigenvalue weighted by Crippen LogP contribution is -2.23. The molecule has 0 bridgehead atoms. The second-order valence-corrected chi connectivity index (χ2v) is 2.59. The molecule has 0 heterocycles. The summed E-state index contributed by atoms with van der Waals surface area (Å²) in [5, 5.41) is 3.21. The Labute approximate surface area is 55.4 Å². The lowest BCUT2D eigenvalue weighted by Gasteiger charge is -2.06. The molecule has 0 unspecified atom stereocenters. The van der Waals surface area contributed by atoms with Crippen LogP contribution in [0.5, 0.6) is 0 Å². The summed E-state index contributed by atoms with van der Waals surface area (Å²) in [4.78, 5) is 0. The first kappa shape index (κ1) is 6.37. The van der Waals surface area contributed by atoms with Crippen LogP contribution in [0.25, 0.3) is 0 Å². The quantitative estimate of drug-likeness (QED) is 0.447. The molecular weight excluding hydrogens is 122 g/mol. The van der Waals surface area contributed by atoms with Crippen LogP contribution in [0.3, 0.4) is 0 Å². The molecule has 1 rings (SSSR count). The SMILES string of the molecule is ClCNC1CCCC1. The van der Waals surface area contributed by atoms with E-state index < -0.39 is 0 Å². The molecule has 1 fully saturated rings. The van der Waals surface area contributed by atoms with Crippen LogP contribution in [-0.2, 0) is 0 Å². The van der Waals surface area contributed by atoms with Crippen LogP contribution < -0.4 is 5.32 Å². The molecule has 1 saturated carbocycles. The van der Waals surface area contributed by atoms with E-state index in [4.69, 9.17) is 11.6 Å².